The second-order valence-corrected chi connectivity index (χ2v) is 12.9. The van der Waals surface area contributed by atoms with Crippen LogP contribution in [0.2, 0.25) is 10.0 Å². The standard InChI is InChI=1S/C37H45Cl2N7O6/c1-3-46-36(50)33(42-37(51)43-34-30(38)23-40-24-31(34)39)22-32(44-46)26-11-9-10-25(18-26)27-19-28(21-29(20-27)52-17-16-48)35(49)41-12-7-5-4-6-8-13-45(2)14-15-47/h9-11,18-24,47-48H,3-8,12-17H2,1-2H3,(H,41,49)(H2,40,42,43,51). The third-order valence-corrected chi connectivity index (χ3v) is 8.69. The number of hydrogen-bond acceptors (Lipinski definition) is 9. The number of carbonyl (C=O) groups is 2. The van der Waals surface area contributed by atoms with Gasteiger partial charge in [0.15, 0.2) is 0 Å². The van der Waals surface area contributed by atoms with Crippen molar-refractivity contribution >= 4 is 46.5 Å². The number of nitrogens with zero attached hydrogens (tertiary/aromatic N) is 4. The normalized spacial score (nSPS) is 11.1. The largest absolute Gasteiger partial charge is 0.491 e. The molecule has 0 saturated heterocycles. The third kappa shape index (κ3) is 11.8. The molecule has 4 rings (SSSR count). The van der Waals surface area contributed by atoms with Gasteiger partial charge in [0.05, 0.1) is 34.6 Å². The smallest absolute Gasteiger partial charge is 0.323 e. The summed E-state index contributed by atoms with van der Waals surface area (Å²) in [4.78, 5) is 45.3. The molecule has 0 aliphatic heterocycles. The van der Waals surface area contributed by atoms with Crippen LogP contribution in [0.15, 0.2) is 65.7 Å². The van der Waals surface area contributed by atoms with Gasteiger partial charge in [-0.15, -0.1) is 0 Å². The van der Waals surface area contributed by atoms with E-state index in [2.05, 4.69) is 30.9 Å². The Balaban J connectivity index is 1.50. The first-order valence-corrected chi connectivity index (χ1v) is 17.9. The first-order chi connectivity index (χ1) is 25.1. The molecule has 0 spiro atoms. The van der Waals surface area contributed by atoms with Gasteiger partial charge in [0.1, 0.15) is 18.0 Å². The van der Waals surface area contributed by atoms with Crippen LogP contribution in [0.4, 0.5) is 16.2 Å². The topological polar surface area (TPSA) is 171 Å². The predicted octanol–water partition coefficient (Wildman–Crippen LogP) is 5.92. The SMILES string of the molecule is CCn1nc(-c2cccc(-c3cc(OCCO)cc(C(=O)NCCCCCCCN(C)CCO)c3)c2)cc(NC(=O)Nc2c(Cl)cncc2Cl)c1=O. The molecule has 13 nitrogen and oxygen atoms in total. The summed E-state index contributed by atoms with van der Waals surface area (Å²) in [6.07, 6.45) is 7.75. The zero-order valence-corrected chi connectivity index (χ0v) is 30.8. The van der Waals surface area contributed by atoms with Crippen LogP contribution >= 0.6 is 23.2 Å². The van der Waals surface area contributed by atoms with Gasteiger partial charge in [-0.1, -0.05) is 60.7 Å². The predicted molar refractivity (Wildman–Crippen MR) is 205 cm³/mol. The zero-order chi connectivity index (χ0) is 37.5. The fraction of sp³-hybridized carbons (Fsp3) is 0.378. The highest BCUT2D eigenvalue weighted by Gasteiger charge is 2.16. The molecule has 278 valence electrons. The fourth-order valence-electron chi connectivity index (χ4n) is 5.41. The van der Waals surface area contributed by atoms with Crippen molar-refractivity contribution in [1.29, 1.82) is 0 Å². The molecule has 5 N–H and O–H groups in total. The highest BCUT2D eigenvalue weighted by atomic mass is 35.5. The molecule has 0 unspecified atom stereocenters. The molecule has 15 heteroatoms. The molecule has 2 aromatic carbocycles. The van der Waals surface area contributed by atoms with Gasteiger partial charge in [0.2, 0.25) is 0 Å². The number of aromatic nitrogens is 3. The number of aliphatic hydroxyl groups is 2. The van der Waals surface area contributed by atoms with E-state index in [9.17, 15) is 19.5 Å². The Labute approximate surface area is 312 Å². The average Bonchev–Trinajstić information content (AvgIpc) is 3.14. The molecule has 0 atom stereocenters. The molecule has 0 saturated carbocycles. The summed E-state index contributed by atoms with van der Waals surface area (Å²) in [6.45, 7) is 4.22. The summed E-state index contributed by atoms with van der Waals surface area (Å²) in [7, 11) is 2.00. The van der Waals surface area contributed by atoms with Gasteiger partial charge in [-0.05, 0) is 74.8 Å². The lowest BCUT2D eigenvalue weighted by Gasteiger charge is -2.14. The lowest BCUT2D eigenvalue weighted by molar-refractivity contribution is 0.0952. The monoisotopic (exact) mass is 753 g/mol. The highest BCUT2D eigenvalue weighted by Crippen LogP contribution is 2.31. The van der Waals surface area contributed by atoms with E-state index in [4.69, 9.17) is 33.0 Å². The minimum absolute atomic E-state index is 0.0138. The molecule has 0 fully saturated rings. The maximum Gasteiger partial charge on any atom is 0.323 e. The van der Waals surface area contributed by atoms with Gasteiger partial charge in [0, 0.05) is 43.2 Å². The van der Waals surface area contributed by atoms with Gasteiger partial charge in [-0.25, -0.2) is 9.48 Å². The van der Waals surface area contributed by atoms with Gasteiger partial charge >= 0.3 is 6.03 Å². The number of unbranched alkanes of at least 4 members (excludes halogenated alkanes) is 4. The van der Waals surface area contributed by atoms with Crippen molar-refractivity contribution in [2.45, 2.75) is 45.6 Å². The minimum atomic E-state index is -0.732. The Morgan fingerprint density at radius 2 is 1.62 bits per heavy atom. The molecule has 3 amide bonds. The lowest BCUT2D eigenvalue weighted by atomic mass is 9.99. The van der Waals surface area contributed by atoms with Crippen LogP contribution in [0, 0.1) is 0 Å². The Morgan fingerprint density at radius 3 is 2.35 bits per heavy atom. The van der Waals surface area contributed by atoms with E-state index in [1.165, 1.54) is 23.1 Å². The molecular weight excluding hydrogens is 709 g/mol. The summed E-state index contributed by atoms with van der Waals surface area (Å²) < 4.78 is 6.97. The van der Waals surface area contributed by atoms with E-state index in [-0.39, 0.29) is 53.7 Å². The van der Waals surface area contributed by atoms with Crippen molar-refractivity contribution in [2.24, 2.45) is 0 Å². The van der Waals surface area contributed by atoms with E-state index < -0.39 is 11.6 Å². The number of benzene rings is 2. The van der Waals surface area contributed by atoms with Crippen LogP contribution in [0.5, 0.6) is 5.75 Å². The Morgan fingerprint density at radius 1 is 0.885 bits per heavy atom. The Bertz CT molecular complexity index is 1850. The molecule has 4 aromatic rings. The van der Waals surface area contributed by atoms with Crippen molar-refractivity contribution in [3.8, 4) is 28.1 Å². The van der Waals surface area contributed by atoms with Crippen molar-refractivity contribution in [3.63, 3.8) is 0 Å². The number of amides is 3. The molecule has 2 heterocycles. The number of hydrogen-bond donors (Lipinski definition) is 5. The van der Waals surface area contributed by atoms with E-state index in [0.29, 0.717) is 41.2 Å². The Hall–Kier alpha value is -4.53. The van der Waals surface area contributed by atoms with Crippen LogP contribution in [0.25, 0.3) is 22.4 Å². The second kappa shape index (κ2) is 20.5. The van der Waals surface area contributed by atoms with Gasteiger partial charge in [0.25, 0.3) is 11.5 Å². The number of aryl methyl sites for hydroxylation is 1. The summed E-state index contributed by atoms with van der Waals surface area (Å²) >= 11 is 12.3. The van der Waals surface area contributed by atoms with E-state index in [0.717, 1.165) is 44.2 Å². The molecule has 52 heavy (non-hydrogen) atoms. The van der Waals surface area contributed by atoms with Crippen LogP contribution in [-0.4, -0.2) is 88.3 Å². The maximum absolute atomic E-state index is 13.3. The van der Waals surface area contributed by atoms with Crippen molar-refractivity contribution in [3.05, 3.63) is 86.9 Å². The first-order valence-electron chi connectivity index (χ1n) is 17.2. The molecule has 0 radical (unpaired) electrons. The number of ether oxygens (including phenoxy) is 1. The number of aliphatic hydroxyl groups excluding tert-OH is 2. The summed E-state index contributed by atoms with van der Waals surface area (Å²) in [5.74, 6) is 0.190. The van der Waals surface area contributed by atoms with E-state index >= 15 is 0 Å². The number of anilines is 2. The highest BCUT2D eigenvalue weighted by molar-refractivity contribution is 6.39. The van der Waals surface area contributed by atoms with Gasteiger partial charge in [-0.2, -0.15) is 5.10 Å². The fourth-order valence-corrected chi connectivity index (χ4v) is 5.87. The summed E-state index contributed by atoms with van der Waals surface area (Å²) in [5, 5.41) is 31.3. The minimum Gasteiger partial charge on any atom is -0.491 e. The molecular formula is C37H45Cl2N7O6. The van der Waals surface area contributed by atoms with Gasteiger partial charge < -0.3 is 35.8 Å². The number of pyridine rings is 1. The first kappa shape index (κ1) is 40.2. The molecule has 0 bridgehead atoms. The van der Waals surface area contributed by atoms with E-state index in [1.54, 1.807) is 25.1 Å². The van der Waals surface area contributed by atoms with Crippen molar-refractivity contribution < 1.29 is 24.5 Å². The third-order valence-electron chi connectivity index (χ3n) is 8.12. The number of carbonyl (C=O) groups excluding carboxylic acids is 2. The number of likely N-dealkylation sites (N-methyl/N-ethyl adjacent to an activating group) is 1. The lowest BCUT2D eigenvalue weighted by Crippen LogP contribution is -2.29. The number of rotatable bonds is 19. The number of halogens is 2. The molecule has 0 aliphatic carbocycles. The van der Waals surface area contributed by atoms with Gasteiger partial charge in [-0.3, -0.25) is 14.6 Å². The Kier molecular flexibility index (Phi) is 15.9. The number of nitrogens with one attached hydrogen (secondary N) is 3. The second-order valence-electron chi connectivity index (χ2n) is 12.1. The summed E-state index contributed by atoms with van der Waals surface area (Å²) in [6, 6.07) is 13.4. The van der Waals surface area contributed by atoms with Crippen LogP contribution in [-0.2, 0) is 6.54 Å². The zero-order valence-electron chi connectivity index (χ0n) is 29.3. The maximum atomic E-state index is 13.3. The van der Waals surface area contributed by atoms with Crippen LogP contribution in [0.1, 0.15) is 49.4 Å². The van der Waals surface area contributed by atoms with Crippen molar-refractivity contribution in [1.82, 2.24) is 25.0 Å². The summed E-state index contributed by atoms with van der Waals surface area (Å²) in [5.41, 5.74) is 2.55. The number of urea groups is 1. The molecule has 0 aliphatic rings. The average molecular weight is 755 g/mol. The van der Waals surface area contributed by atoms with Crippen LogP contribution in [0.3, 0.4) is 0 Å². The van der Waals surface area contributed by atoms with Crippen molar-refractivity contribution in [2.75, 3.05) is 57.1 Å². The van der Waals surface area contributed by atoms with Crippen LogP contribution < -0.4 is 26.2 Å². The molecule has 2 aromatic heterocycles. The van der Waals surface area contributed by atoms with E-state index in [1.807, 2.05) is 31.3 Å². The quantitative estimate of drug-likeness (QED) is 0.0730.